The standard InChI is InChI=1S/C21H21N3O4/c1-4-7-14-15(5-2)22-20(17-8-6-11-28-17)24-19(14)23-16-10-9-13(21(25)26)12-18(16)27-3/h4,6,8-12H,1,5,7H2,2-3H3,(H,25,26)(H,22,23,24). The second-order valence-electron chi connectivity index (χ2n) is 5.99. The minimum absolute atomic E-state index is 0.141. The van der Waals surface area contributed by atoms with Crippen LogP contribution in [-0.2, 0) is 12.8 Å². The molecule has 0 unspecified atom stereocenters. The van der Waals surface area contributed by atoms with Gasteiger partial charge in [0.1, 0.15) is 11.6 Å². The summed E-state index contributed by atoms with van der Waals surface area (Å²) in [6, 6.07) is 8.21. The lowest BCUT2D eigenvalue weighted by molar-refractivity contribution is 0.0696. The Kier molecular flexibility index (Phi) is 5.74. The van der Waals surface area contributed by atoms with Crippen molar-refractivity contribution in [1.82, 2.24) is 9.97 Å². The van der Waals surface area contributed by atoms with Crippen molar-refractivity contribution in [2.45, 2.75) is 19.8 Å². The fraction of sp³-hybridized carbons (Fsp3) is 0.190. The SMILES string of the molecule is C=CCc1c(CC)nc(-c2ccco2)nc1Nc1ccc(C(=O)O)cc1OC. The van der Waals surface area contributed by atoms with Crippen LogP contribution in [0.4, 0.5) is 11.5 Å². The molecule has 7 heteroatoms. The number of aromatic nitrogens is 2. The highest BCUT2D eigenvalue weighted by Crippen LogP contribution is 2.32. The molecule has 0 fully saturated rings. The smallest absolute Gasteiger partial charge is 0.335 e. The molecule has 3 aromatic rings. The molecule has 0 saturated heterocycles. The molecule has 0 aliphatic rings. The molecular weight excluding hydrogens is 358 g/mol. The monoisotopic (exact) mass is 379 g/mol. The molecule has 2 heterocycles. The van der Waals surface area contributed by atoms with Crippen molar-refractivity contribution >= 4 is 17.5 Å². The Balaban J connectivity index is 2.10. The van der Waals surface area contributed by atoms with Gasteiger partial charge in [-0.05, 0) is 43.2 Å². The average molecular weight is 379 g/mol. The number of carbonyl (C=O) groups is 1. The van der Waals surface area contributed by atoms with E-state index in [1.807, 2.05) is 6.92 Å². The summed E-state index contributed by atoms with van der Waals surface area (Å²) in [4.78, 5) is 20.5. The number of ether oxygens (including phenoxy) is 1. The highest BCUT2D eigenvalue weighted by atomic mass is 16.5. The first kappa shape index (κ1) is 19.2. The maximum Gasteiger partial charge on any atom is 0.335 e. The zero-order chi connectivity index (χ0) is 20.1. The number of hydrogen-bond donors (Lipinski definition) is 2. The Morgan fingerprint density at radius 2 is 2.18 bits per heavy atom. The topological polar surface area (TPSA) is 97.5 Å². The Hall–Kier alpha value is -3.61. The molecule has 0 aliphatic carbocycles. The molecule has 0 amide bonds. The van der Waals surface area contributed by atoms with Gasteiger partial charge in [0.05, 0.1) is 24.6 Å². The van der Waals surface area contributed by atoms with E-state index >= 15 is 0 Å². The van der Waals surface area contributed by atoms with Gasteiger partial charge in [-0.25, -0.2) is 14.8 Å². The van der Waals surface area contributed by atoms with Gasteiger partial charge in [0.15, 0.2) is 11.6 Å². The van der Waals surface area contributed by atoms with Crippen LogP contribution in [0.15, 0.2) is 53.7 Å². The van der Waals surface area contributed by atoms with E-state index in [0.29, 0.717) is 41.7 Å². The average Bonchev–Trinajstić information content (AvgIpc) is 3.24. The number of aromatic carboxylic acids is 1. The second-order valence-corrected chi connectivity index (χ2v) is 5.99. The number of rotatable bonds is 8. The van der Waals surface area contributed by atoms with Gasteiger partial charge >= 0.3 is 5.97 Å². The highest BCUT2D eigenvalue weighted by Gasteiger charge is 2.17. The number of carboxylic acids is 1. The molecule has 144 valence electrons. The van der Waals surface area contributed by atoms with Crippen molar-refractivity contribution in [1.29, 1.82) is 0 Å². The first-order valence-electron chi connectivity index (χ1n) is 8.80. The van der Waals surface area contributed by atoms with Crippen molar-refractivity contribution in [3.63, 3.8) is 0 Å². The number of allylic oxidation sites excluding steroid dienone is 1. The Labute approximate surface area is 162 Å². The van der Waals surface area contributed by atoms with Gasteiger partial charge < -0.3 is 19.6 Å². The normalized spacial score (nSPS) is 10.5. The van der Waals surface area contributed by atoms with Crippen molar-refractivity contribution in [3.8, 4) is 17.3 Å². The van der Waals surface area contributed by atoms with E-state index in [2.05, 4.69) is 21.9 Å². The summed E-state index contributed by atoms with van der Waals surface area (Å²) in [5.41, 5.74) is 2.54. The van der Waals surface area contributed by atoms with Gasteiger partial charge in [0.25, 0.3) is 0 Å². The van der Waals surface area contributed by atoms with Gasteiger partial charge in [-0.2, -0.15) is 0 Å². The largest absolute Gasteiger partial charge is 0.495 e. The molecule has 0 spiro atoms. The number of anilines is 2. The molecule has 0 saturated carbocycles. The zero-order valence-corrected chi connectivity index (χ0v) is 15.7. The lowest BCUT2D eigenvalue weighted by Crippen LogP contribution is -2.08. The molecule has 0 radical (unpaired) electrons. The molecule has 1 aromatic carbocycles. The molecule has 28 heavy (non-hydrogen) atoms. The summed E-state index contributed by atoms with van der Waals surface area (Å²) in [6.07, 6.45) is 4.66. The fourth-order valence-corrected chi connectivity index (χ4v) is 2.86. The summed E-state index contributed by atoms with van der Waals surface area (Å²) < 4.78 is 10.8. The van der Waals surface area contributed by atoms with Crippen molar-refractivity contribution in [2.75, 3.05) is 12.4 Å². The van der Waals surface area contributed by atoms with E-state index in [1.54, 1.807) is 30.5 Å². The summed E-state index contributed by atoms with van der Waals surface area (Å²) >= 11 is 0. The van der Waals surface area contributed by atoms with Crippen LogP contribution in [0.1, 0.15) is 28.5 Å². The van der Waals surface area contributed by atoms with Crippen molar-refractivity contribution < 1.29 is 19.1 Å². The molecule has 0 atom stereocenters. The minimum Gasteiger partial charge on any atom is -0.495 e. The number of carboxylic acid groups (broad SMARTS) is 1. The number of aryl methyl sites for hydroxylation is 1. The third-order valence-corrected chi connectivity index (χ3v) is 4.22. The van der Waals surface area contributed by atoms with Gasteiger partial charge in [-0.15, -0.1) is 6.58 Å². The molecule has 2 N–H and O–H groups in total. The summed E-state index contributed by atoms with van der Waals surface area (Å²) in [7, 11) is 1.49. The van der Waals surface area contributed by atoms with Gasteiger partial charge in [-0.3, -0.25) is 0 Å². The van der Waals surface area contributed by atoms with Crippen LogP contribution in [0.5, 0.6) is 5.75 Å². The highest BCUT2D eigenvalue weighted by molar-refractivity contribution is 5.89. The maximum atomic E-state index is 11.2. The van der Waals surface area contributed by atoms with Crippen LogP contribution >= 0.6 is 0 Å². The van der Waals surface area contributed by atoms with Crippen LogP contribution in [0.2, 0.25) is 0 Å². The number of benzene rings is 1. The second kappa shape index (κ2) is 8.39. The lowest BCUT2D eigenvalue weighted by Gasteiger charge is -2.16. The van der Waals surface area contributed by atoms with Gasteiger partial charge in [0.2, 0.25) is 0 Å². The minimum atomic E-state index is -1.02. The van der Waals surface area contributed by atoms with Crippen LogP contribution in [0, 0.1) is 0 Å². The summed E-state index contributed by atoms with van der Waals surface area (Å²) in [5.74, 6) is 1.02. The quantitative estimate of drug-likeness (QED) is 0.557. The predicted octanol–water partition coefficient (Wildman–Crippen LogP) is 4.48. The number of nitrogens with one attached hydrogen (secondary N) is 1. The Morgan fingerprint density at radius 3 is 2.79 bits per heavy atom. The third kappa shape index (κ3) is 3.88. The fourth-order valence-electron chi connectivity index (χ4n) is 2.86. The molecule has 0 aliphatic heterocycles. The van der Waals surface area contributed by atoms with E-state index in [-0.39, 0.29) is 5.56 Å². The number of furan rings is 1. The van der Waals surface area contributed by atoms with E-state index in [1.165, 1.54) is 19.2 Å². The van der Waals surface area contributed by atoms with E-state index < -0.39 is 5.97 Å². The molecule has 2 aromatic heterocycles. The first-order valence-corrected chi connectivity index (χ1v) is 8.80. The van der Waals surface area contributed by atoms with Crippen LogP contribution in [-0.4, -0.2) is 28.2 Å². The van der Waals surface area contributed by atoms with Crippen LogP contribution in [0.25, 0.3) is 11.6 Å². The summed E-state index contributed by atoms with van der Waals surface area (Å²) in [5, 5.41) is 12.5. The molecular formula is C21H21N3O4. The predicted molar refractivity (Wildman–Crippen MR) is 106 cm³/mol. The van der Waals surface area contributed by atoms with Gasteiger partial charge in [0, 0.05) is 11.3 Å². The molecule has 3 rings (SSSR count). The number of methoxy groups -OCH3 is 1. The molecule has 0 bridgehead atoms. The number of nitrogens with zero attached hydrogens (tertiary/aromatic N) is 2. The lowest BCUT2D eigenvalue weighted by atomic mass is 10.1. The Morgan fingerprint density at radius 1 is 1.36 bits per heavy atom. The van der Waals surface area contributed by atoms with E-state index in [9.17, 15) is 9.90 Å². The summed E-state index contributed by atoms with van der Waals surface area (Å²) in [6.45, 7) is 5.85. The van der Waals surface area contributed by atoms with Crippen LogP contribution < -0.4 is 10.1 Å². The van der Waals surface area contributed by atoms with Crippen LogP contribution in [0.3, 0.4) is 0 Å². The van der Waals surface area contributed by atoms with E-state index in [4.69, 9.17) is 9.15 Å². The first-order chi connectivity index (χ1) is 13.6. The third-order valence-electron chi connectivity index (χ3n) is 4.22. The maximum absolute atomic E-state index is 11.2. The van der Waals surface area contributed by atoms with Crippen molar-refractivity contribution in [3.05, 3.63) is 66.1 Å². The number of hydrogen-bond acceptors (Lipinski definition) is 6. The Bertz CT molecular complexity index is 997. The van der Waals surface area contributed by atoms with E-state index in [0.717, 1.165) is 11.3 Å². The molecule has 7 nitrogen and oxygen atoms in total. The van der Waals surface area contributed by atoms with Crippen molar-refractivity contribution in [2.24, 2.45) is 0 Å². The zero-order valence-electron chi connectivity index (χ0n) is 15.7. The van der Waals surface area contributed by atoms with Gasteiger partial charge in [-0.1, -0.05) is 13.0 Å².